The highest BCUT2D eigenvalue weighted by molar-refractivity contribution is 5.95. The predicted molar refractivity (Wildman–Crippen MR) is 104 cm³/mol. The van der Waals surface area contributed by atoms with E-state index in [2.05, 4.69) is 18.7 Å². The molecule has 27 heavy (non-hydrogen) atoms. The highest BCUT2D eigenvalue weighted by Gasteiger charge is 2.50. The van der Waals surface area contributed by atoms with Gasteiger partial charge >= 0.3 is 0 Å². The first-order chi connectivity index (χ1) is 12.8. The van der Waals surface area contributed by atoms with Crippen LogP contribution in [0.15, 0.2) is 34.7 Å². The van der Waals surface area contributed by atoms with Crippen LogP contribution in [0, 0.1) is 19.7 Å². The fraction of sp³-hybridized carbons (Fsp3) is 0.500. The number of fused-ring (bicyclic) bond motifs is 1. The minimum atomic E-state index is -0.224. The zero-order valence-corrected chi connectivity index (χ0v) is 16.5. The molecule has 1 amide bonds. The summed E-state index contributed by atoms with van der Waals surface area (Å²) in [5.74, 6) is 1.30. The van der Waals surface area contributed by atoms with Crippen molar-refractivity contribution in [3.05, 3.63) is 53.2 Å². The minimum Gasteiger partial charge on any atom is -0.466 e. The van der Waals surface area contributed by atoms with Crippen LogP contribution in [0.3, 0.4) is 0 Å². The van der Waals surface area contributed by atoms with Gasteiger partial charge in [-0.2, -0.15) is 0 Å². The van der Waals surface area contributed by atoms with E-state index in [-0.39, 0.29) is 29.3 Å². The largest absolute Gasteiger partial charge is 0.466 e. The summed E-state index contributed by atoms with van der Waals surface area (Å²) in [5, 5.41) is 0. The fourth-order valence-corrected chi connectivity index (χ4v) is 5.04. The Morgan fingerprint density at radius 3 is 2.52 bits per heavy atom. The van der Waals surface area contributed by atoms with E-state index in [0.717, 1.165) is 37.3 Å². The molecule has 0 saturated carbocycles. The van der Waals surface area contributed by atoms with Crippen molar-refractivity contribution < 1.29 is 13.6 Å². The van der Waals surface area contributed by atoms with Gasteiger partial charge in [0.2, 0.25) is 0 Å². The molecule has 0 unspecified atom stereocenters. The number of nitrogens with zero attached hydrogens (tertiary/aromatic N) is 2. The SMILES string of the molecule is Cc1cc(C(=O)N2CCC[C@H]3[C@@H]2CC(C)(C)N3c2ccc(F)cc2)c(C)o1. The second kappa shape index (κ2) is 6.39. The molecule has 0 N–H and O–H groups in total. The Bertz CT molecular complexity index is 856. The number of furan rings is 1. The van der Waals surface area contributed by atoms with Gasteiger partial charge in [0.1, 0.15) is 17.3 Å². The Morgan fingerprint density at radius 1 is 1.19 bits per heavy atom. The Morgan fingerprint density at radius 2 is 1.89 bits per heavy atom. The van der Waals surface area contributed by atoms with Gasteiger partial charge in [-0.25, -0.2) is 4.39 Å². The lowest BCUT2D eigenvalue weighted by Gasteiger charge is -2.42. The maximum absolute atomic E-state index is 13.4. The molecule has 4 nitrogen and oxygen atoms in total. The van der Waals surface area contributed by atoms with E-state index < -0.39 is 0 Å². The van der Waals surface area contributed by atoms with Crippen molar-refractivity contribution in [2.45, 2.75) is 64.6 Å². The number of aryl methyl sites for hydroxylation is 2. The molecule has 144 valence electrons. The first kappa shape index (κ1) is 18.1. The van der Waals surface area contributed by atoms with Crippen molar-refractivity contribution in [2.75, 3.05) is 11.4 Å². The Balaban J connectivity index is 1.67. The quantitative estimate of drug-likeness (QED) is 0.769. The minimum absolute atomic E-state index is 0.0656. The summed E-state index contributed by atoms with van der Waals surface area (Å²) in [5.41, 5.74) is 1.60. The zero-order chi connectivity index (χ0) is 19.3. The number of hydrogen-bond acceptors (Lipinski definition) is 3. The van der Waals surface area contributed by atoms with Crippen molar-refractivity contribution in [3.63, 3.8) is 0 Å². The monoisotopic (exact) mass is 370 g/mol. The van der Waals surface area contributed by atoms with Crippen molar-refractivity contribution >= 4 is 11.6 Å². The number of carbonyl (C=O) groups excluding carboxylic acids is 1. The molecule has 0 radical (unpaired) electrons. The van der Waals surface area contributed by atoms with Gasteiger partial charge in [-0.3, -0.25) is 4.79 Å². The van der Waals surface area contributed by atoms with Crippen LogP contribution in [-0.2, 0) is 0 Å². The molecule has 3 heterocycles. The summed E-state index contributed by atoms with van der Waals surface area (Å²) in [6.45, 7) is 8.93. The number of piperidine rings is 1. The molecule has 0 spiro atoms. The van der Waals surface area contributed by atoms with Gasteiger partial charge in [-0.1, -0.05) is 0 Å². The van der Waals surface area contributed by atoms with Gasteiger partial charge in [0, 0.05) is 17.8 Å². The summed E-state index contributed by atoms with van der Waals surface area (Å²) in [6, 6.07) is 8.98. The smallest absolute Gasteiger partial charge is 0.257 e. The van der Waals surface area contributed by atoms with Gasteiger partial charge < -0.3 is 14.2 Å². The number of anilines is 1. The van der Waals surface area contributed by atoms with Crippen LogP contribution in [0.1, 0.15) is 55.0 Å². The summed E-state index contributed by atoms with van der Waals surface area (Å²) in [6.07, 6.45) is 2.91. The molecule has 0 aliphatic carbocycles. The number of halogens is 1. The molecule has 5 heteroatoms. The molecule has 2 aliphatic rings. The fourth-order valence-electron chi connectivity index (χ4n) is 5.04. The Hall–Kier alpha value is -2.30. The molecular formula is C22H27FN2O2. The molecule has 0 bridgehead atoms. The first-order valence-corrected chi connectivity index (χ1v) is 9.71. The third-order valence-electron chi connectivity index (χ3n) is 6.07. The van der Waals surface area contributed by atoms with Gasteiger partial charge in [0.25, 0.3) is 5.91 Å². The second-order valence-electron chi connectivity index (χ2n) is 8.47. The predicted octanol–water partition coefficient (Wildman–Crippen LogP) is 4.70. The van der Waals surface area contributed by atoms with Gasteiger partial charge in [-0.15, -0.1) is 0 Å². The van der Waals surface area contributed by atoms with E-state index in [9.17, 15) is 9.18 Å². The van der Waals surface area contributed by atoms with Gasteiger partial charge in [0.15, 0.2) is 0 Å². The lowest BCUT2D eigenvalue weighted by atomic mass is 9.93. The van der Waals surface area contributed by atoms with Crippen LogP contribution in [0.4, 0.5) is 10.1 Å². The number of carbonyl (C=O) groups is 1. The number of benzene rings is 1. The second-order valence-corrected chi connectivity index (χ2v) is 8.47. The van der Waals surface area contributed by atoms with Crippen LogP contribution in [0.2, 0.25) is 0 Å². The van der Waals surface area contributed by atoms with Crippen molar-refractivity contribution in [3.8, 4) is 0 Å². The highest BCUT2D eigenvalue weighted by atomic mass is 19.1. The van der Waals surface area contributed by atoms with Crippen LogP contribution in [-0.4, -0.2) is 35.0 Å². The van der Waals surface area contributed by atoms with E-state index in [1.165, 1.54) is 12.1 Å². The van der Waals surface area contributed by atoms with Crippen molar-refractivity contribution in [2.24, 2.45) is 0 Å². The van der Waals surface area contributed by atoms with E-state index in [1.807, 2.05) is 36.9 Å². The van der Waals surface area contributed by atoms with E-state index >= 15 is 0 Å². The first-order valence-electron chi connectivity index (χ1n) is 9.71. The van der Waals surface area contributed by atoms with Gasteiger partial charge in [-0.05, 0) is 77.3 Å². The average Bonchev–Trinajstić information content (AvgIpc) is 3.09. The maximum atomic E-state index is 13.4. The van der Waals surface area contributed by atoms with E-state index in [1.54, 1.807) is 0 Å². The molecule has 2 aromatic rings. The molecule has 4 rings (SSSR count). The lowest BCUT2D eigenvalue weighted by Crippen LogP contribution is -2.52. The van der Waals surface area contributed by atoms with Crippen LogP contribution < -0.4 is 4.90 Å². The van der Waals surface area contributed by atoms with Crippen molar-refractivity contribution in [1.29, 1.82) is 0 Å². The number of rotatable bonds is 2. The van der Waals surface area contributed by atoms with Gasteiger partial charge in [0.05, 0.1) is 17.6 Å². The van der Waals surface area contributed by atoms with E-state index in [0.29, 0.717) is 11.3 Å². The Labute approximate surface area is 159 Å². The van der Waals surface area contributed by atoms with E-state index in [4.69, 9.17) is 4.42 Å². The summed E-state index contributed by atoms with van der Waals surface area (Å²) >= 11 is 0. The third kappa shape index (κ3) is 3.03. The zero-order valence-electron chi connectivity index (χ0n) is 16.5. The molecule has 1 aromatic carbocycles. The molecular weight excluding hydrogens is 343 g/mol. The molecule has 2 saturated heterocycles. The number of hydrogen-bond donors (Lipinski definition) is 0. The lowest BCUT2D eigenvalue weighted by molar-refractivity contribution is 0.0603. The normalized spacial score (nSPS) is 24.2. The third-order valence-corrected chi connectivity index (χ3v) is 6.07. The number of likely N-dealkylation sites (tertiary alicyclic amines) is 1. The van der Waals surface area contributed by atoms with Crippen LogP contribution in [0.5, 0.6) is 0 Å². The molecule has 1 aromatic heterocycles. The molecule has 2 atom stereocenters. The molecule has 2 fully saturated rings. The molecule has 2 aliphatic heterocycles. The summed E-state index contributed by atoms with van der Waals surface area (Å²) < 4.78 is 19.0. The Kier molecular flexibility index (Phi) is 4.28. The average molecular weight is 370 g/mol. The summed E-state index contributed by atoms with van der Waals surface area (Å²) in [7, 11) is 0. The summed E-state index contributed by atoms with van der Waals surface area (Å²) in [4.78, 5) is 17.7. The maximum Gasteiger partial charge on any atom is 0.257 e. The number of amides is 1. The standard InChI is InChI=1S/C22H27FN2O2/c1-14-12-18(15(2)27-14)21(26)24-11-5-6-19-20(24)13-22(3,4)25(19)17-9-7-16(23)8-10-17/h7-10,12,19-20H,5-6,11,13H2,1-4H3/t19-,20-/m0/s1. The van der Waals surface area contributed by atoms with Crippen molar-refractivity contribution in [1.82, 2.24) is 4.90 Å². The van der Waals surface area contributed by atoms with Crippen LogP contribution >= 0.6 is 0 Å². The topological polar surface area (TPSA) is 36.7 Å². The highest BCUT2D eigenvalue weighted by Crippen LogP contribution is 2.44. The van der Waals surface area contributed by atoms with Crippen LogP contribution in [0.25, 0.3) is 0 Å².